The molecule has 1 N–H and O–H groups in total. The normalized spacial score (nSPS) is 28.4. The number of anilines is 1. The van der Waals surface area contributed by atoms with Crippen molar-refractivity contribution in [3.8, 4) is 0 Å². The zero-order valence-corrected chi connectivity index (χ0v) is 14.0. The van der Waals surface area contributed by atoms with E-state index in [1.54, 1.807) is 24.3 Å². The minimum atomic E-state index is -0.768. The van der Waals surface area contributed by atoms with Crippen LogP contribution < -0.4 is 5.32 Å². The van der Waals surface area contributed by atoms with Crippen LogP contribution in [0, 0.1) is 23.7 Å². The number of carbonyl (C=O) groups excluding carboxylic acids is 4. The highest BCUT2D eigenvalue weighted by atomic mass is 16.5. The largest absolute Gasteiger partial charge is 0.454 e. The summed E-state index contributed by atoms with van der Waals surface area (Å²) in [6, 6.07) is 8.78. The molecule has 1 heterocycles. The Balaban J connectivity index is 1.29. The quantitative estimate of drug-likeness (QED) is 0.483. The predicted octanol–water partition coefficient (Wildman–Crippen LogP) is 0.975. The van der Waals surface area contributed by atoms with E-state index in [4.69, 9.17) is 4.74 Å². The van der Waals surface area contributed by atoms with Gasteiger partial charge in [0.25, 0.3) is 5.91 Å². The lowest BCUT2D eigenvalue weighted by Gasteiger charge is -2.16. The van der Waals surface area contributed by atoms with E-state index in [0.29, 0.717) is 5.69 Å². The Labute approximate surface area is 150 Å². The molecule has 0 unspecified atom stereocenters. The lowest BCUT2D eigenvalue weighted by Crippen LogP contribution is -2.38. The number of allylic oxidation sites excluding steroid dienone is 2. The van der Waals surface area contributed by atoms with Gasteiger partial charge in [0.2, 0.25) is 11.8 Å². The highest BCUT2D eigenvalue weighted by Gasteiger charge is 2.59. The van der Waals surface area contributed by atoms with Gasteiger partial charge in [0, 0.05) is 5.69 Å². The molecule has 1 aliphatic heterocycles. The minimum absolute atomic E-state index is 0.0964. The minimum Gasteiger partial charge on any atom is -0.454 e. The maximum Gasteiger partial charge on any atom is 0.326 e. The van der Waals surface area contributed by atoms with Crippen molar-refractivity contribution in [1.82, 2.24) is 4.90 Å². The Morgan fingerprint density at radius 2 is 1.65 bits per heavy atom. The molecule has 7 nitrogen and oxygen atoms in total. The lowest BCUT2D eigenvalue weighted by atomic mass is 9.85. The summed E-state index contributed by atoms with van der Waals surface area (Å²) in [6.07, 6.45) is 4.82. The number of hydrogen-bond donors (Lipinski definition) is 1. The average molecular weight is 354 g/mol. The van der Waals surface area contributed by atoms with Crippen LogP contribution in [0.3, 0.4) is 0 Å². The number of esters is 1. The van der Waals surface area contributed by atoms with Gasteiger partial charge in [0.15, 0.2) is 6.61 Å². The Kier molecular flexibility index (Phi) is 4.06. The molecular weight excluding hydrogens is 336 g/mol. The zero-order chi connectivity index (χ0) is 18.3. The van der Waals surface area contributed by atoms with Crippen LogP contribution in [-0.2, 0) is 23.9 Å². The van der Waals surface area contributed by atoms with Crippen molar-refractivity contribution in [3.05, 3.63) is 42.5 Å². The first-order valence-corrected chi connectivity index (χ1v) is 8.58. The number of ether oxygens (including phenoxy) is 1. The highest BCUT2D eigenvalue weighted by Crippen LogP contribution is 2.52. The van der Waals surface area contributed by atoms with Gasteiger partial charge in [-0.2, -0.15) is 0 Å². The number of rotatable bonds is 5. The molecule has 2 aliphatic carbocycles. The van der Waals surface area contributed by atoms with Crippen molar-refractivity contribution in [3.63, 3.8) is 0 Å². The van der Waals surface area contributed by atoms with E-state index in [1.165, 1.54) is 0 Å². The van der Waals surface area contributed by atoms with Gasteiger partial charge in [-0.3, -0.25) is 24.1 Å². The SMILES string of the molecule is O=C(COC(=O)CN1C(=O)[C@@H]2[C@H](C1=O)[C@@H]1C=C[C@H]2C1)Nc1ccccc1. The summed E-state index contributed by atoms with van der Waals surface area (Å²) in [6.45, 7) is -0.910. The number of para-hydroxylation sites is 1. The molecule has 2 bridgehead atoms. The maximum absolute atomic E-state index is 12.5. The number of hydrogen-bond acceptors (Lipinski definition) is 5. The average Bonchev–Trinajstić information content (AvgIpc) is 3.31. The van der Waals surface area contributed by atoms with E-state index in [0.717, 1.165) is 11.3 Å². The lowest BCUT2D eigenvalue weighted by molar-refractivity contribution is -0.154. The third-order valence-corrected chi connectivity index (χ3v) is 5.27. The van der Waals surface area contributed by atoms with Crippen LogP contribution in [0.1, 0.15) is 6.42 Å². The van der Waals surface area contributed by atoms with Gasteiger partial charge >= 0.3 is 5.97 Å². The molecule has 4 rings (SSSR count). The second kappa shape index (κ2) is 6.40. The summed E-state index contributed by atoms with van der Waals surface area (Å²) >= 11 is 0. The number of nitrogens with zero attached hydrogens (tertiary/aromatic N) is 1. The van der Waals surface area contributed by atoms with Gasteiger partial charge in [-0.1, -0.05) is 30.4 Å². The van der Waals surface area contributed by atoms with Crippen LogP contribution in [0.5, 0.6) is 0 Å². The van der Waals surface area contributed by atoms with Crippen LogP contribution in [0.4, 0.5) is 5.69 Å². The van der Waals surface area contributed by atoms with Crippen molar-refractivity contribution in [1.29, 1.82) is 0 Å². The maximum atomic E-state index is 12.5. The molecule has 0 radical (unpaired) electrons. The number of likely N-dealkylation sites (tertiary alicyclic amines) is 1. The first kappa shape index (κ1) is 16.5. The number of benzene rings is 1. The number of nitrogens with one attached hydrogen (secondary N) is 1. The van der Waals surface area contributed by atoms with Crippen LogP contribution >= 0.6 is 0 Å². The zero-order valence-electron chi connectivity index (χ0n) is 14.0. The van der Waals surface area contributed by atoms with Crippen molar-refractivity contribution in [2.75, 3.05) is 18.5 Å². The van der Waals surface area contributed by atoms with Crippen LogP contribution in [0.15, 0.2) is 42.5 Å². The second-order valence-corrected chi connectivity index (χ2v) is 6.84. The molecule has 0 spiro atoms. The second-order valence-electron chi connectivity index (χ2n) is 6.84. The molecule has 2 fully saturated rings. The number of imide groups is 1. The fourth-order valence-electron chi connectivity index (χ4n) is 4.16. The third kappa shape index (κ3) is 2.79. The van der Waals surface area contributed by atoms with Crippen molar-refractivity contribution < 1.29 is 23.9 Å². The molecule has 4 atom stereocenters. The summed E-state index contributed by atoms with van der Waals surface area (Å²) in [7, 11) is 0. The number of fused-ring (bicyclic) bond motifs is 5. The molecule has 1 aromatic carbocycles. The Morgan fingerprint density at radius 1 is 1.04 bits per heavy atom. The Bertz CT molecular complexity index is 773. The summed E-state index contributed by atoms with van der Waals surface area (Å²) in [5, 5.41) is 2.59. The number of carbonyl (C=O) groups is 4. The van der Waals surface area contributed by atoms with Crippen LogP contribution in [0.2, 0.25) is 0 Å². The van der Waals surface area contributed by atoms with E-state index in [2.05, 4.69) is 5.32 Å². The smallest absolute Gasteiger partial charge is 0.326 e. The molecule has 1 saturated heterocycles. The Hall–Kier alpha value is -2.96. The molecule has 1 saturated carbocycles. The molecule has 3 aliphatic rings. The number of amides is 3. The van der Waals surface area contributed by atoms with Crippen molar-refractivity contribution >= 4 is 29.4 Å². The van der Waals surface area contributed by atoms with Crippen molar-refractivity contribution in [2.45, 2.75) is 6.42 Å². The molecule has 1 aromatic rings. The fourth-order valence-corrected chi connectivity index (χ4v) is 4.16. The monoisotopic (exact) mass is 354 g/mol. The van der Waals surface area contributed by atoms with Gasteiger partial charge in [-0.25, -0.2) is 0 Å². The molecule has 134 valence electrons. The molecule has 26 heavy (non-hydrogen) atoms. The van der Waals surface area contributed by atoms with E-state index in [1.807, 2.05) is 18.2 Å². The first-order valence-electron chi connectivity index (χ1n) is 8.58. The van der Waals surface area contributed by atoms with E-state index in [9.17, 15) is 19.2 Å². The van der Waals surface area contributed by atoms with Crippen molar-refractivity contribution in [2.24, 2.45) is 23.7 Å². The molecule has 0 aromatic heterocycles. The summed E-state index contributed by atoms with van der Waals surface area (Å²) in [5.74, 6) is -2.35. The molecular formula is C19H18N2O5. The Morgan fingerprint density at radius 3 is 2.27 bits per heavy atom. The summed E-state index contributed by atoms with van der Waals surface area (Å²) in [5.41, 5.74) is 0.592. The van der Waals surface area contributed by atoms with Crippen LogP contribution in [0.25, 0.3) is 0 Å². The predicted molar refractivity (Wildman–Crippen MR) is 90.5 cm³/mol. The van der Waals surface area contributed by atoms with Crippen LogP contribution in [-0.4, -0.2) is 41.7 Å². The van der Waals surface area contributed by atoms with Gasteiger partial charge in [0.1, 0.15) is 6.54 Å². The van der Waals surface area contributed by atoms with E-state index >= 15 is 0 Å². The van der Waals surface area contributed by atoms with Gasteiger partial charge in [-0.05, 0) is 30.4 Å². The summed E-state index contributed by atoms with van der Waals surface area (Å²) in [4.78, 5) is 49.7. The standard InChI is InChI=1S/C19H18N2O5/c22-14(20-13-4-2-1-3-5-13)10-26-15(23)9-21-18(24)16-11-6-7-12(8-11)17(16)19(21)25/h1-7,11-12,16-17H,8-10H2,(H,20,22)/t11-,12+,16-,17+. The third-order valence-electron chi connectivity index (χ3n) is 5.27. The topological polar surface area (TPSA) is 92.8 Å². The van der Waals surface area contributed by atoms with E-state index in [-0.39, 0.29) is 35.5 Å². The summed E-state index contributed by atoms with van der Waals surface area (Å²) < 4.78 is 4.91. The van der Waals surface area contributed by atoms with Gasteiger partial charge in [-0.15, -0.1) is 0 Å². The van der Waals surface area contributed by atoms with Gasteiger partial charge < -0.3 is 10.1 Å². The van der Waals surface area contributed by atoms with E-state index < -0.39 is 25.0 Å². The van der Waals surface area contributed by atoms with Gasteiger partial charge in [0.05, 0.1) is 11.8 Å². The molecule has 3 amide bonds. The first-order chi connectivity index (χ1) is 12.5. The highest BCUT2D eigenvalue weighted by molar-refractivity contribution is 6.08. The molecule has 7 heteroatoms. The fraction of sp³-hybridized carbons (Fsp3) is 0.368.